The Kier molecular flexibility index (Phi) is 2.70. The van der Waals surface area contributed by atoms with Gasteiger partial charge in [-0.25, -0.2) is 4.39 Å². The highest BCUT2D eigenvalue weighted by molar-refractivity contribution is 14.1. The SMILES string of the molecule is N#CCc1csc2c(I)cc(F)cc12. The molecule has 0 N–H and O–H groups in total. The van der Waals surface area contributed by atoms with E-state index < -0.39 is 0 Å². The van der Waals surface area contributed by atoms with Crippen LogP contribution in [0.5, 0.6) is 0 Å². The van der Waals surface area contributed by atoms with Gasteiger partial charge in [0.15, 0.2) is 0 Å². The maximum absolute atomic E-state index is 13.1. The zero-order valence-electron chi connectivity index (χ0n) is 7.05. The first-order valence-electron chi connectivity index (χ1n) is 3.94. The molecule has 1 aromatic carbocycles. The largest absolute Gasteiger partial charge is 0.207 e. The van der Waals surface area contributed by atoms with Crippen LogP contribution < -0.4 is 0 Å². The van der Waals surface area contributed by atoms with Crippen LogP contribution in [0.1, 0.15) is 5.56 Å². The summed E-state index contributed by atoms with van der Waals surface area (Å²) in [6, 6.07) is 5.09. The van der Waals surface area contributed by atoms with Crippen LogP contribution in [-0.4, -0.2) is 0 Å². The lowest BCUT2D eigenvalue weighted by Gasteiger charge is -1.96. The quantitative estimate of drug-likeness (QED) is 0.736. The summed E-state index contributed by atoms with van der Waals surface area (Å²) in [5.74, 6) is -0.237. The molecule has 2 rings (SSSR count). The van der Waals surface area contributed by atoms with Gasteiger partial charge in [0, 0.05) is 13.7 Å². The zero-order valence-corrected chi connectivity index (χ0v) is 10.0. The van der Waals surface area contributed by atoms with Gasteiger partial charge in [0.1, 0.15) is 5.82 Å². The molecule has 0 saturated heterocycles. The molecule has 0 fully saturated rings. The first-order chi connectivity index (χ1) is 6.72. The van der Waals surface area contributed by atoms with E-state index in [1.165, 1.54) is 12.1 Å². The van der Waals surface area contributed by atoms with E-state index in [4.69, 9.17) is 5.26 Å². The Morgan fingerprint density at radius 1 is 1.50 bits per heavy atom. The number of thiophene rings is 1. The summed E-state index contributed by atoms with van der Waals surface area (Å²) in [6.45, 7) is 0. The third-order valence-corrected chi connectivity index (χ3v) is 4.24. The molecular formula is C10H5FINS. The molecule has 0 amide bonds. The molecule has 0 radical (unpaired) electrons. The molecule has 70 valence electrons. The number of nitriles is 1. The Bertz CT molecular complexity index is 527. The van der Waals surface area contributed by atoms with Gasteiger partial charge in [0.25, 0.3) is 0 Å². The first kappa shape index (κ1) is 9.87. The van der Waals surface area contributed by atoms with Crippen LogP contribution in [0.2, 0.25) is 0 Å². The summed E-state index contributed by atoms with van der Waals surface area (Å²) in [4.78, 5) is 0. The Hall–Kier alpha value is -0.670. The van der Waals surface area contributed by atoms with Crippen LogP contribution in [0, 0.1) is 20.7 Å². The lowest BCUT2D eigenvalue weighted by atomic mass is 10.1. The molecule has 0 saturated carbocycles. The zero-order chi connectivity index (χ0) is 10.1. The molecule has 0 spiro atoms. The third-order valence-electron chi connectivity index (χ3n) is 1.94. The summed E-state index contributed by atoms with van der Waals surface area (Å²) in [5.41, 5.74) is 0.921. The number of hydrogen-bond acceptors (Lipinski definition) is 2. The number of rotatable bonds is 1. The van der Waals surface area contributed by atoms with Crippen LogP contribution in [0.25, 0.3) is 10.1 Å². The summed E-state index contributed by atoms with van der Waals surface area (Å²) in [7, 11) is 0. The highest BCUT2D eigenvalue weighted by Crippen LogP contribution is 2.31. The van der Waals surface area contributed by atoms with E-state index >= 15 is 0 Å². The lowest BCUT2D eigenvalue weighted by Crippen LogP contribution is -1.81. The molecule has 14 heavy (non-hydrogen) atoms. The van der Waals surface area contributed by atoms with Gasteiger partial charge >= 0.3 is 0 Å². The number of fused-ring (bicyclic) bond motifs is 1. The van der Waals surface area contributed by atoms with Gasteiger partial charge in [-0.1, -0.05) is 0 Å². The predicted octanol–water partition coefficient (Wildman–Crippen LogP) is 3.71. The standard InChI is InChI=1S/C10H5FINS/c11-7-3-8-6(1-2-13)5-14-10(8)9(12)4-7/h3-5H,1H2. The van der Waals surface area contributed by atoms with Gasteiger partial charge in [0.2, 0.25) is 0 Å². The van der Waals surface area contributed by atoms with Gasteiger partial charge in [-0.3, -0.25) is 0 Å². The average Bonchev–Trinajstić information content (AvgIpc) is 2.49. The van der Waals surface area contributed by atoms with Crippen LogP contribution in [0.4, 0.5) is 4.39 Å². The molecule has 0 aliphatic rings. The smallest absolute Gasteiger partial charge is 0.124 e. The maximum atomic E-state index is 13.1. The molecule has 0 aliphatic heterocycles. The topological polar surface area (TPSA) is 23.8 Å². The van der Waals surface area contributed by atoms with Crippen molar-refractivity contribution in [2.45, 2.75) is 6.42 Å². The normalized spacial score (nSPS) is 10.4. The second kappa shape index (κ2) is 3.83. The molecule has 0 bridgehead atoms. The molecule has 0 atom stereocenters. The van der Waals surface area contributed by atoms with Crippen molar-refractivity contribution in [1.82, 2.24) is 0 Å². The summed E-state index contributed by atoms with van der Waals surface area (Å²) in [6.07, 6.45) is 0.347. The second-order valence-corrected chi connectivity index (χ2v) is 4.90. The van der Waals surface area contributed by atoms with Crippen LogP contribution in [-0.2, 0) is 6.42 Å². The third kappa shape index (κ3) is 1.62. The molecule has 1 aromatic heterocycles. The minimum absolute atomic E-state index is 0.237. The van der Waals surface area contributed by atoms with Gasteiger partial charge in [-0.2, -0.15) is 5.26 Å². The Morgan fingerprint density at radius 2 is 2.29 bits per heavy atom. The van der Waals surface area contributed by atoms with Crippen molar-refractivity contribution in [3.8, 4) is 6.07 Å². The van der Waals surface area contributed by atoms with Crippen molar-refractivity contribution in [1.29, 1.82) is 5.26 Å². The minimum atomic E-state index is -0.237. The van der Waals surface area contributed by atoms with Crippen molar-refractivity contribution in [3.63, 3.8) is 0 Å². The molecule has 2 aromatic rings. The van der Waals surface area contributed by atoms with E-state index in [0.717, 1.165) is 19.2 Å². The van der Waals surface area contributed by atoms with Crippen LogP contribution in [0.3, 0.4) is 0 Å². The van der Waals surface area contributed by atoms with Crippen molar-refractivity contribution in [3.05, 3.63) is 32.5 Å². The van der Waals surface area contributed by atoms with Gasteiger partial charge in [-0.15, -0.1) is 11.3 Å². The van der Waals surface area contributed by atoms with Gasteiger partial charge < -0.3 is 0 Å². The van der Waals surface area contributed by atoms with Gasteiger partial charge in [-0.05, 0) is 45.7 Å². The highest BCUT2D eigenvalue weighted by Gasteiger charge is 2.08. The number of benzene rings is 1. The average molecular weight is 317 g/mol. The van der Waals surface area contributed by atoms with E-state index in [0.29, 0.717) is 6.42 Å². The fraction of sp³-hybridized carbons (Fsp3) is 0.100. The molecule has 0 aliphatic carbocycles. The second-order valence-electron chi connectivity index (χ2n) is 2.86. The maximum Gasteiger partial charge on any atom is 0.124 e. The molecular weight excluding hydrogens is 312 g/mol. The van der Waals surface area contributed by atoms with E-state index in [-0.39, 0.29) is 5.82 Å². The molecule has 1 nitrogen and oxygen atoms in total. The number of halogens is 2. The van der Waals surface area contributed by atoms with E-state index in [9.17, 15) is 4.39 Å². The summed E-state index contributed by atoms with van der Waals surface area (Å²) >= 11 is 3.68. The fourth-order valence-electron chi connectivity index (χ4n) is 1.33. The summed E-state index contributed by atoms with van der Waals surface area (Å²) < 4.78 is 15.1. The highest BCUT2D eigenvalue weighted by atomic mass is 127. The van der Waals surface area contributed by atoms with Crippen molar-refractivity contribution >= 4 is 44.0 Å². The first-order valence-corrected chi connectivity index (χ1v) is 5.90. The van der Waals surface area contributed by atoms with Gasteiger partial charge in [0.05, 0.1) is 12.5 Å². The fourth-order valence-corrected chi connectivity index (χ4v) is 3.26. The van der Waals surface area contributed by atoms with Crippen molar-refractivity contribution < 1.29 is 4.39 Å². The van der Waals surface area contributed by atoms with Crippen LogP contribution in [0.15, 0.2) is 17.5 Å². The predicted molar refractivity (Wildman–Crippen MR) is 63.8 cm³/mol. The molecule has 4 heteroatoms. The van der Waals surface area contributed by atoms with Crippen molar-refractivity contribution in [2.75, 3.05) is 0 Å². The Labute approximate surface area is 98.3 Å². The monoisotopic (exact) mass is 317 g/mol. The molecule has 0 unspecified atom stereocenters. The van der Waals surface area contributed by atoms with Crippen molar-refractivity contribution in [2.24, 2.45) is 0 Å². The minimum Gasteiger partial charge on any atom is -0.207 e. The van der Waals surface area contributed by atoms with E-state index in [2.05, 4.69) is 28.7 Å². The molecule has 1 heterocycles. The van der Waals surface area contributed by atoms with E-state index in [1.807, 2.05) is 5.38 Å². The van der Waals surface area contributed by atoms with E-state index in [1.54, 1.807) is 11.3 Å². The number of hydrogen-bond donors (Lipinski definition) is 0. The van der Waals surface area contributed by atoms with Crippen LogP contribution >= 0.6 is 33.9 Å². The number of nitrogens with zero attached hydrogens (tertiary/aromatic N) is 1. The Morgan fingerprint density at radius 3 is 3.00 bits per heavy atom. The Balaban J connectivity index is 2.73. The summed E-state index contributed by atoms with van der Waals surface area (Å²) in [5, 5.41) is 11.4. The lowest BCUT2D eigenvalue weighted by molar-refractivity contribution is 0.629.